The number of hydrogen-bond donors (Lipinski definition) is 1. The van der Waals surface area contributed by atoms with E-state index in [2.05, 4.69) is 5.10 Å². The molecule has 1 aliphatic rings. The topological polar surface area (TPSA) is 43.8 Å². The highest BCUT2D eigenvalue weighted by Gasteiger charge is 2.37. The van der Waals surface area contributed by atoms with Gasteiger partial charge in [0.15, 0.2) is 0 Å². The first-order chi connectivity index (χ1) is 9.34. The summed E-state index contributed by atoms with van der Waals surface area (Å²) in [7, 11) is 1.85. The monoisotopic (exact) mass is 305 g/mol. The van der Waals surface area contributed by atoms with E-state index < -0.39 is 5.92 Å². The SMILES string of the molecule is CCc1nn(C)c(CC(N)C2CCC(F)(F)CC2)c1Cl. The van der Waals surface area contributed by atoms with Crippen LogP contribution in [0.2, 0.25) is 5.02 Å². The fourth-order valence-corrected chi connectivity index (χ4v) is 3.29. The molecule has 0 radical (unpaired) electrons. The molecule has 1 saturated carbocycles. The molecule has 0 aromatic carbocycles. The smallest absolute Gasteiger partial charge is 0.248 e. The van der Waals surface area contributed by atoms with Gasteiger partial charge in [0.1, 0.15) is 0 Å². The molecule has 2 N–H and O–H groups in total. The molecule has 1 aromatic heterocycles. The maximum absolute atomic E-state index is 13.2. The number of halogens is 3. The zero-order chi connectivity index (χ0) is 14.9. The van der Waals surface area contributed by atoms with Gasteiger partial charge in [-0.15, -0.1) is 0 Å². The molecule has 0 bridgehead atoms. The van der Waals surface area contributed by atoms with E-state index in [1.165, 1.54) is 0 Å². The third kappa shape index (κ3) is 3.31. The molecule has 1 unspecified atom stereocenters. The molecule has 1 aliphatic carbocycles. The highest BCUT2D eigenvalue weighted by atomic mass is 35.5. The van der Waals surface area contributed by atoms with Gasteiger partial charge in [-0.1, -0.05) is 18.5 Å². The first-order valence-corrected chi connectivity index (χ1v) is 7.55. The van der Waals surface area contributed by atoms with Crippen molar-refractivity contribution in [1.82, 2.24) is 9.78 Å². The van der Waals surface area contributed by atoms with Crippen LogP contribution < -0.4 is 5.73 Å². The van der Waals surface area contributed by atoms with Crippen LogP contribution in [0.4, 0.5) is 8.78 Å². The van der Waals surface area contributed by atoms with Gasteiger partial charge in [-0.2, -0.15) is 5.10 Å². The summed E-state index contributed by atoms with van der Waals surface area (Å²) in [5, 5.41) is 5.03. The summed E-state index contributed by atoms with van der Waals surface area (Å²) < 4.78 is 28.1. The highest BCUT2D eigenvalue weighted by molar-refractivity contribution is 6.31. The average molecular weight is 306 g/mol. The van der Waals surface area contributed by atoms with Crippen LogP contribution in [-0.2, 0) is 19.9 Å². The van der Waals surface area contributed by atoms with Gasteiger partial charge in [0.05, 0.1) is 16.4 Å². The van der Waals surface area contributed by atoms with Crippen LogP contribution in [0.25, 0.3) is 0 Å². The van der Waals surface area contributed by atoms with E-state index in [-0.39, 0.29) is 24.8 Å². The Labute approximate surface area is 123 Å². The number of alkyl halides is 2. The molecule has 0 spiro atoms. The second-order valence-electron chi connectivity index (χ2n) is 5.75. The Morgan fingerprint density at radius 1 is 1.45 bits per heavy atom. The molecule has 1 heterocycles. The van der Waals surface area contributed by atoms with Gasteiger partial charge in [-0.25, -0.2) is 8.78 Å². The Kier molecular flexibility index (Phi) is 4.69. The summed E-state index contributed by atoms with van der Waals surface area (Å²) in [5.41, 5.74) is 7.99. The van der Waals surface area contributed by atoms with Crippen LogP contribution in [0, 0.1) is 5.92 Å². The highest BCUT2D eigenvalue weighted by Crippen LogP contribution is 2.38. The van der Waals surface area contributed by atoms with Crippen molar-refractivity contribution in [3.05, 3.63) is 16.4 Å². The van der Waals surface area contributed by atoms with Crippen molar-refractivity contribution >= 4 is 11.6 Å². The van der Waals surface area contributed by atoms with Gasteiger partial charge in [0.2, 0.25) is 5.92 Å². The Bertz CT molecular complexity index is 463. The van der Waals surface area contributed by atoms with Crippen molar-refractivity contribution in [2.45, 2.75) is 57.4 Å². The van der Waals surface area contributed by atoms with Gasteiger partial charge in [0, 0.05) is 32.4 Å². The Balaban J connectivity index is 2.02. The zero-order valence-corrected chi connectivity index (χ0v) is 12.8. The predicted molar refractivity (Wildman–Crippen MR) is 76.2 cm³/mol. The second kappa shape index (κ2) is 5.98. The van der Waals surface area contributed by atoms with Crippen LogP contribution >= 0.6 is 11.6 Å². The summed E-state index contributed by atoms with van der Waals surface area (Å²) in [6.07, 6.45) is 2.25. The van der Waals surface area contributed by atoms with Crippen molar-refractivity contribution in [3.8, 4) is 0 Å². The molecule has 114 valence electrons. The van der Waals surface area contributed by atoms with Crippen molar-refractivity contribution in [2.24, 2.45) is 18.7 Å². The summed E-state index contributed by atoms with van der Waals surface area (Å²) >= 11 is 6.30. The lowest BCUT2D eigenvalue weighted by atomic mass is 9.81. The number of nitrogens with two attached hydrogens (primary N) is 1. The first kappa shape index (κ1) is 15.7. The van der Waals surface area contributed by atoms with Gasteiger partial charge in [-0.05, 0) is 25.2 Å². The van der Waals surface area contributed by atoms with Gasteiger partial charge in [-0.3, -0.25) is 4.68 Å². The van der Waals surface area contributed by atoms with E-state index in [1.54, 1.807) is 4.68 Å². The van der Waals surface area contributed by atoms with Gasteiger partial charge < -0.3 is 5.73 Å². The van der Waals surface area contributed by atoms with E-state index >= 15 is 0 Å². The molecule has 6 heteroatoms. The number of nitrogens with zero attached hydrogens (tertiary/aromatic N) is 2. The maximum Gasteiger partial charge on any atom is 0.248 e. The molecule has 0 aliphatic heterocycles. The second-order valence-corrected chi connectivity index (χ2v) is 6.12. The summed E-state index contributed by atoms with van der Waals surface area (Å²) in [5.74, 6) is -2.36. The van der Waals surface area contributed by atoms with Crippen molar-refractivity contribution in [2.75, 3.05) is 0 Å². The lowest BCUT2D eigenvalue weighted by molar-refractivity contribution is -0.0482. The minimum Gasteiger partial charge on any atom is -0.327 e. The number of aromatic nitrogens is 2. The van der Waals surface area contributed by atoms with Gasteiger partial charge >= 0.3 is 0 Å². The Morgan fingerprint density at radius 2 is 2.05 bits per heavy atom. The van der Waals surface area contributed by atoms with Crippen LogP contribution in [-0.4, -0.2) is 21.7 Å². The average Bonchev–Trinajstić information content (AvgIpc) is 2.66. The van der Waals surface area contributed by atoms with Crippen molar-refractivity contribution < 1.29 is 8.78 Å². The Morgan fingerprint density at radius 3 is 2.55 bits per heavy atom. The van der Waals surface area contributed by atoms with E-state index in [4.69, 9.17) is 17.3 Å². The predicted octanol–water partition coefficient (Wildman–Crippen LogP) is 3.33. The van der Waals surface area contributed by atoms with Crippen LogP contribution in [0.15, 0.2) is 0 Å². The maximum atomic E-state index is 13.2. The fourth-order valence-electron chi connectivity index (χ4n) is 2.92. The minimum atomic E-state index is -2.50. The molecule has 1 fully saturated rings. The molecule has 1 aromatic rings. The molecule has 2 rings (SSSR count). The lowest BCUT2D eigenvalue weighted by Crippen LogP contribution is -2.38. The molecule has 0 amide bonds. The summed E-state index contributed by atoms with van der Waals surface area (Å²) in [6.45, 7) is 2.00. The van der Waals surface area contributed by atoms with Crippen molar-refractivity contribution in [3.63, 3.8) is 0 Å². The number of hydrogen-bond acceptors (Lipinski definition) is 2. The van der Waals surface area contributed by atoms with E-state index in [0.717, 1.165) is 17.8 Å². The van der Waals surface area contributed by atoms with Crippen LogP contribution in [0.5, 0.6) is 0 Å². The zero-order valence-electron chi connectivity index (χ0n) is 12.0. The van der Waals surface area contributed by atoms with E-state index in [1.807, 2.05) is 14.0 Å². The van der Waals surface area contributed by atoms with E-state index in [0.29, 0.717) is 24.3 Å². The largest absolute Gasteiger partial charge is 0.327 e. The Hall–Kier alpha value is -0.680. The summed E-state index contributed by atoms with van der Waals surface area (Å²) in [4.78, 5) is 0. The quantitative estimate of drug-likeness (QED) is 0.927. The summed E-state index contributed by atoms with van der Waals surface area (Å²) in [6, 6.07) is -0.135. The van der Waals surface area contributed by atoms with Crippen LogP contribution in [0.1, 0.15) is 44.0 Å². The standard InChI is InChI=1S/C14H22ClF2N3/c1-3-11-13(15)12(20(2)19-11)8-10(18)9-4-6-14(16,17)7-5-9/h9-10H,3-8,18H2,1-2H3. The molecule has 0 saturated heterocycles. The molecular formula is C14H22ClF2N3. The molecule has 1 atom stereocenters. The molecule has 3 nitrogen and oxygen atoms in total. The third-order valence-electron chi connectivity index (χ3n) is 4.30. The normalized spacial score (nSPS) is 21.1. The van der Waals surface area contributed by atoms with Crippen LogP contribution in [0.3, 0.4) is 0 Å². The van der Waals surface area contributed by atoms with E-state index in [9.17, 15) is 8.78 Å². The fraction of sp³-hybridized carbons (Fsp3) is 0.786. The molecule has 20 heavy (non-hydrogen) atoms. The first-order valence-electron chi connectivity index (χ1n) is 7.17. The lowest BCUT2D eigenvalue weighted by Gasteiger charge is -2.32. The van der Waals surface area contributed by atoms with Crippen molar-refractivity contribution in [1.29, 1.82) is 0 Å². The number of aryl methyl sites for hydroxylation is 2. The third-order valence-corrected chi connectivity index (χ3v) is 4.74. The van der Waals surface area contributed by atoms with Gasteiger partial charge in [0.25, 0.3) is 0 Å². The minimum absolute atomic E-state index is 0.0509. The molecular weight excluding hydrogens is 284 g/mol. The number of rotatable bonds is 4.